The van der Waals surface area contributed by atoms with Crippen molar-refractivity contribution in [3.8, 4) is 0 Å². The van der Waals surface area contributed by atoms with E-state index in [9.17, 15) is 19.0 Å². The predicted molar refractivity (Wildman–Crippen MR) is 400 cm³/mol. The number of hydrogen-bond donors (Lipinski definition) is 1. The summed E-state index contributed by atoms with van der Waals surface area (Å²) >= 11 is 0. The Morgan fingerprint density at radius 1 is 0.348 bits per heavy atom. The van der Waals surface area contributed by atoms with Gasteiger partial charge >= 0.3 is 19.8 Å². The number of nitrogens with zero attached hydrogens (tertiary/aromatic N) is 1. The molecule has 0 rings (SSSR count). The normalized spacial score (nSPS) is 13.3. The number of carbonyl (C=O) groups is 2. The number of rotatable bonds is 75. The monoisotopic (exact) mass is 1310 g/mol. The van der Waals surface area contributed by atoms with Gasteiger partial charge in [0.25, 0.3) is 0 Å². The van der Waals surface area contributed by atoms with Crippen molar-refractivity contribution in [1.82, 2.24) is 0 Å². The molecular formula is C82H155NO8P+. The number of hydrogen-bond acceptors (Lipinski definition) is 7. The zero-order valence-corrected chi connectivity index (χ0v) is 62.7. The number of unbranched alkanes of at least 4 members (excludes halogenated alkanes) is 51. The van der Waals surface area contributed by atoms with Gasteiger partial charge in [0.15, 0.2) is 6.10 Å². The molecule has 0 aliphatic carbocycles. The Morgan fingerprint density at radius 3 is 0.924 bits per heavy atom. The van der Waals surface area contributed by atoms with Crippen LogP contribution in [0.3, 0.4) is 0 Å². The number of phosphoric acid groups is 1. The van der Waals surface area contributed by atoms with Gasteiger partial charge in [-0.05, 0) is 57.8 Å². The molecule has 0 aromatic rings. The van der Waals surface area contributed by atoms with Crippen LogP contribution < -0.4 is 0 Å². The first-order valence-electron chi connectivity index (χ1n) is 40.0. The summed E-state index contributed by atoms with van der Waals surface area (Å²) in [6.45, 7) is 4.39. The maximum atomic E-state index is 12.9. The average Bonchev–Trinajstić information content (AvgIpc) is 2.14. The van der Waals surface area contributed by atoms with Crippen LogP contribution in [0.25, 0.3) is 0 Å². The van der Waals surface area contributed by atoms with Gasteiger partial charge in [0.05, 0.1) is 27.7 Å². The first-order valence-corrected chi connectivity index (χ1v) is 41.5. The molecule has 10 heteroatoms. The molecule has 0 saturated carbocycles. The molecule has 0 fully saturated rings. The van der Waals surface area contributed by atoms with Crippen LogP contribution in [-0.2, 0) is 32.7 Å². The van der Waals surface area contributed by atoms with Crippen molar-refractivity contribution in [2.75, 3.05) is 47.5 Å². The van der Waals surface area contributed by atoms with Crippen LogP contribution in [0.4, 0.5) is 0 Å². The van der Waals surface area contributed by atoms with E-state index in [0.29, 0.717) is 23.9 Å². The molecule has 1 N–H and O–H groups in total. The minimum Gasteiger partial charge on any atom is -0.462 e. The summed E-state index contributed by atoms with van der Waals surface area (Å²) in [5, 5.41) is 0. The summed E-state index contributed by atoms with van der Waals surface area (Å²) in [6, 6.07) is 0. The van der Waals surface area contributed by atoms with Crippen molar-refractivity contribution in [3.05, 3.63) is 60.8 Å². The number of phosphoric ester groups is 1. The third kappa shape index (κ3) is 76.7. The highest BCUT2D eigenvalue weighted by molar-refractivity contribution is 7.47. The van der Waals surface area contributed by atoms with Crippen LogP contribution in [0.5, 0.6) is 0 Å². The molecule has 0 aromatic carbocycles. The highest BCUT2D eigenvalue weighted by Crippen LogP contribution is 2.43. The minimum absolute atomic E-state index is 0.0329. The van der Waals surface area contributed by atoms with Gasteiger partial charge in [0.1, 0.15) is 19.8 Å². The Hall–Kier alpha value is -2.29. The van der Waals surface area contributed by atoms with Crippen LogP contribution in [0, 0.1) is 0 Å². The Balaban J connectivity index is 3.91. The second-order valence-electron chi connectivity index (χ2n) is 28.4. The summed E-state index contributed by atoms with van der Waals surface area (Å²) in [4.78, 5) is 36.0. The van der Waals surface area contributed by atoms with Crippen molar-refractivity contribution in [1.29, 1.82) is 0 Å². The minimum atomic E-state index is -4.39. The summed E-state index contributed by atoms with van der Waals surface area (Å²) in [6.07, 6.45) is 98.1. The van der Waals surface area contributed by atoms with Crippen molar-refractivity contribution < 1.29 is 42.1 Å². The van der Waals surface area contributed by atoms with E-state index in [1.807, 2.05) is 21.1 Å². The molecule has 9 nitrogen and oxygen atoms in total. The topological polar surface area (TPSA) is 108 Å². The van der Waals surface area contributed by atoms with E-state index in [0.717, 1.165) is 64.2 Å². The van der Waals surface area contributed by atoms with Crippen LogP contribution in [0.1, 0.15) is 399 Å². The zero-order valence-electron chi connectivity index (χ0n) is 61.8. The maximum Gasteiger partial charge on any atom is 0.472 e. The maximum absolute atomic E-state index is 12.9. The van der Waals surface area contributed by atoms with Crippen LogP contribution in [-0.4, -0.2) is 74.9 Å². The highest BCUT2D eigenvalue weighted by atomic mass is 31.2. The smallest absolute Gasteiger partial charge is 0.462 e. The predicted octanol–water partition coefficient (Wildman–Crippen LogP) is 26.5. The highest BCUT2D eigenvalue weighted by Gasteiger charge is 2.27. The van der Waals surface area contributed by atoms with E-state index >= 15 is 0 Å². The SMILES string of the molecule is CC/C=C\C/C=C\C/C=C\C/C=C\C/C=C\CCCCCCCCCCCCCCCCCC(=O)OC(COC(=O)CCCCCCCCCCCCCCCCCCCCCCCCCCCCCCCCCCCCCCC)COP(=O)(O)OCC[N+](C)(C)C. The molecule has 0 heterocycles. The fourth-order valence-electron chi connectivity index (χ4n) is 12.0. The van der Waals surface area contributed by atoms with Crippen molar-refractivity contribution in [3.63, 3.8) is 0 Å². The third-order valence-electron chi connectivity index (χ3n) is 18.1. The van der Waals surface area contributed by atoms with Gasteiger partial charge in [0, 0.05) is 12.8 Å². The third-order valence-corrected chi connectivity index (χ3v) is 19.0. The molecular weight excluding hydrogens is 1160 g/mol. The molecule has 2 atom stereocenters. The lowest BCUT2D eigenvalue weighted by atomic mass is 10.0. The lowest BCUT2D eigenvalue weighted by molar-refractivity contribution is -0.870. The van der Waals surface area contributed by atoms with E-state index in [1.54, 1.807) is 0 Å². The molecule has 0 aliphatic heterocycles. The van der Waals surface area contributed by atoms with Crippen LogP contribution >= 0.6 is 7.82 Å². The second kappa shape index (κ2) is 73.0. The molecule has 2 unspecified atom stereocenters. The first kappa shape index (κ1) is 89.7. The molecule has 0 radical (unpaired) electrons. The Morgan fingerprint density at radius 2 is 0.620 bits per heavy atom. The fraction of sp³-hybridized carbons (Fsp3) is 0.854. The Labute approximate surface area is 572 Å². The van der Waals surface area contributed by atoms with E-state index in [2.05, 4.69) is 74.6 Å². The lowest BCUT2D eigenvalue weighted by Crippen LogP contribution is -2.37. The number of esters is 2. The fourth-order valence-corrected chi connectivity index (χ4v) is 12.7. The molecule has 540 valence electrons. The standard InChI is InChI=1S/C82H154NO8P/c1-6-8-10-12-14-16-18-20-22-24-26-28-30-32-34-36-38-39-40-41-42-43-45-46-48-50-52-54-56-58-60-62-64-66-68-70-72-74-81(84)88-78-80(79-90-92(86,87)89-77-76-83(3,4)5)91-82(85)75-73-71-69-67-65-63-61-59-57-55-53-51-49-47-44-37-35-33-31-29-27-25-23-21-19-17-15-13-11-9-7-2/h9,11,15,17,21,23,27,29,33,35,80H,6-8,10,12-14,16,18-20,22,24-26,28,30-32,34,36-79H2,1-5H3/p+1/b11-9-,17-15-,23-21-,29-27-,35-33-. The van der Waals surface area contributed by atoms with Crippen molar-refractivity contribution in [2.45, 2.75) is 405 Å². The van der Waals surface area contributed by atoms with E-state index in [4.69, 9.17) is 18.5 Å². The van der Waals surface area contributed by atoms with Gasteiger partial charge in [0.2, 0.25) is 0 Å². The molecule has 0 spiro atoms. The summed E-state index contributed by atoms with van der Waals surface area (Å²) in [5.41, 5.74) is 0. The molecule has 92 heavy (non-hydrogen) atoms. The van der Waals surface area contributed by atoms with Crippen molar-refractivity contribution >= 4 is 19.8 Å². The van der Waals surface area contributed by atoms with Gasteiger partial charge < -0.3 is 18.9 Å². The van der Waals surface area contributed by atoms with E-state index in [1.165, 1.54) is 302 Å². The first-order chi connectivity index (χ1) is 45.0. The second-order valence-corrected chi connectivity index (χ2v) is 29.9. The molecule has 0 aliphatic rings. The largest absolute Gasteiger partial charge is 0.472 e. The van der Waals surface area contributed by atoms with Crippen LogP contribution in [0.2, 0.25) is 0 Å². The molecule has 0 saturated heterocycles. The lowest BCUT2D eigenvalue weighted by Gasteiger charge is -2.24. The van der Waals surface area contributed by atoms with E-state index < -0.39 is 26.5 Å². The van der Waals surface area contributed by atoms with Gasteiger partial charge in [-0.2, -0.15) is 0 Å². The Bertz CT molecular complexity index is 1740. The molecule has 0 aromatic heterocycles. The summed E-state index contributed by atoms with van der Waals surface area (Å²) < 4.78 is 34.8. The van der Waals surface area contributed by atoms with Gasteiger partial charge in [-0.25, -0.2) is 4.57 Å². The van der Waals surface area contributed by atoms with Gasteiger partial charge in [-0.15, -0.1) is 0 Å². The number of allylic oxidation sites excluding steroid dienone is 10. The number of carbonyl (C=O) groups excluding carboxylic acids is 2. The average molecular weight is 1310 g/mol. The number of quaternary nitrogens is 1. The number of ether oxygens (including phenoxy) is 2. The summed E-state index contributed by atoms with van der Waals surface area (Å²) in [5.74, 6) is -0.777. The summed E-state index contributed by atoms with van der Waals surface area (Å²) in [7, 11) is 1.49. The van der Waals surface area contributed by atoms with Gasteiger partial charge in [-0.3, -0.25) is 18.6 Å². The number of likely N-dealkylation sites (N-methyl/N-ethyl adjacent to an activating group) is 1. The van der Waals surface area contributed by atoms with Crippen LogP contribution in [0.15, 0.2) is 60.8 Å². The quantitative estimate of drug-likeness (QED) is 0.0211. The van der Waals surface area contributed by atoms with E-state index in [-0.39, 0.29) is 25.6 Å². The van der Waals surface area contributed by atoms with Crippen molar-refractivity contribution in [2.24, 2.45) is 0 Å². The van der Waals surface area contributed by atoms with Gasteiger partial charge in [-0.1, -0.05) is 389 Å². The molecule has 0 amide bonds. The Kier molecular flexibility index (Phi) is 71.2. The zero-order chi connectivity index (χ0) is 66.9. The molecule has 0 bridgehead atoms.